The summed E-state index contributed by atoms with van der Waals surface area (Å²) in [6.07, 6.45) is 3.16. The molecule has 3 nitrogen and oxygen atoms in total. The molecule has 1 rings (SSSR count). The molecule has 0 aliphatic rings. The van der Waals surface area contributed by atoms with Crippen molar-refractivity contribution in [1.82, 2.24) is 9.97 Å². The Kier molecular flexibility index (Phi) is 5.06. The summed E-state index contributed by atoms with van der Waals surface area (Å²) in [4.78, 5) is 9.15. The lowest BCUT2D eigenvalue weighted by atomic mass is 10.2. The van der Waals surface area contributed by atoms with E-state index in [0.717, 1.165) is 35.2 Å². The van der Waals surface area contributed by atoms with Crippen molar-refractivity contribution in [2.24, 2.45) is 0 Å². The molecule has 90 valence electrons. The van der Waals surface area contributed by atoms with Crippen LogP contribution in [0.5, 0.6) is 0 Å². The maximum absolute atomic E-state index is 4.58. The molecule has 0 aliphatic carbocycles. The number of aromatic nitrogens is 2. The molecule has 1 aromatic rings. The summed E-state index contributed by atoms with van der Waals surface area (Å²) < 4.78 is 0. The fourth-order valence-electron chi connectivity index (χ4n) is 1.39. The van der Waals surface area contributed by atoms with Gasteiger partial charge in [0, 0.05) is 18.0 Å². The standard InChI is InChI=1S/C12H21N3S/c1-6-7-13-11-9(4)12(16-5)15-10(14-11)8(2)3/h8H,6-7H2,1-5H3,(H,13,14,15). The summed E-state index contributed by atoms with van der Waals surface area (Å²) in [5.41, 5.74) is 1.16. The predicted octanol–water partition coefficient (Wildman–Crippen LogP) is 3.45. The Morgan fingerprint density at radius 2 is 2.00 bits per heavy atom. The van der Waals surface area contributed by atoms with Gasteiger partial charge in [-0.15, -0.1) is 11.8 Å². The molecule has 0 radical (unpaired) electrons. The third-order valence-electron chi connectivity index (χ3n) is 2.37. The second-order valence-corrected chi connectivity index (χ2v) is 4.94. The highest BCUT2D eigenvalue weighted by Crippen LogP contribution is 2.25. The molecule has 0 aliphatic heterocycles. The lowest BCUT2D eigenvalue weighted by molar-refractivity contribution is 0.747. The first kappa shape index (κ1) is 13.3. The largest absolute Gasteiger partial charge is 0.370 e. The van der Waals surface area contributed by atoms with E-state index in [9.17, 15) is 0 Å². The van der Waals surface area contributed by atoms with E-state index in [-0.39, 0.29) is 0 Å². The highest BCUT2D eigenvalue weighted by molar-refractivity contribution is 7.98. The molecule has 0 spiro atoms. The Bertz CT molecular complexity index is 350. The van der Waals surface area contributed by atoms with Gasteiger partial charge in [-0.1, -0.05) is 20.8 Å². The number of anilines is 1. The molecule has 1 aromatic heterocycles. The van der Waals surface area contributed by atoms with Crippen LogP contribution in [0.2, 0.25) is 0 Å². The van der Waals surface area contributed by atoms with Crippen LogP contribution in [0.25, 0.3) is 0 Å². The van der Waals surface area contributed by atoms with Crippen LogP contribution in [-0.2, 0) is 0 Å². The van der Waals surface area contributed by atoms with Crippen LogP contribution in [-0.4, -0.2) is 22.8 Å². The van der Waals surface area contributed by atoms with Crippen LogP contribution in [0.15, 0.2) is 5.03 Å². The van der Waals surface area contributed by atoms with Crippen LogP contribution in [0.4, 0.5) is 5.82 Å². The van der Waals surface area contributed by atoms with Crippen molar-refractivity contribution in [2.75, 3.05) is 18.1 Å². The third-order valence-corrected chi connectivity index (χ3v) is 3.15. The van der Waals surface area contributed by atoms with Gasteiger partial charge < -0.3 is 5.32 Å². The predicted molar refractivity (Wildman–Crippen MR) is 71.4 cm³/mol. The zero-order valence-corrected chi connectivity index (χ0v) is 11.6. The van der Waals surface area contributed by atoms with E-state index in [4.69, 9.17) is 0 Å². The van der Waals surface area contributed by atoms with Crippen LogP contribution in [0, 0.1) is 6.92 Å². The van der Waals surface area contributed by atoms with E-state index in [0.29, 0.717) is 5.92 Å². The van der Waals surface area contributed by atoms with E-state index in [1.165, 1.54) is 0 Å². The molecule has 0 saturated heterocycles. The number of thioether (sulfide) groups is 1. The lowest BCUT2D eigenvalue weighted by Crippen LogP contribution is -2.09. The average molecular weight is 239 g/mol. The molecule has 0 amide bonds. The first-order chi connectivity index (χ1) is 7.60. The van der Waals surface area contributed by atoms with Crippen molar-refractivity contribution in [1.29, 1.82) is 0 Å². The van der Waals surface area contributed by atoms with Gasteiger partial charge in [-0.3, -0.25) is 0 Å². The Labute approximate surface area is 102 Å². The molecule has 0 saturated carbocycles. The van der Waals surface area contributed by atoms with Crippen molar-refractivity contribution < 1.29 is 0 Å². The third kappa shape index (κ3) is 3.11. The van der Waals surface area contributed by atoms with Gasteiger partial charge in [0.2, 0.25) is 0 Å². The number of hydrogen-bond donors (Lipinski definition) is 1. The summed E-state index contributed by atoms with van der Waals surface area (Å²) in [6.45, 7) is 9.44. The molecule has 0 unspecified atom stereocenters. The highest BCUT2D eigenvalue weighted by atomic mass is 32.2. The van der Waals surface area contributed by atoms with E-state index in [1.54, 1.807) is 11.8 Å². The summed E-state index contributed by atoms with van der Waals surface area (Å²) in [5.74, 6) is 2.28. The number of nitrogens with one attached hydrogen (secondary N) is 1. The normalized spacial score (nSPS) is 10.9. The van der Waals surface area contributed by atoms with E-state index < -0.39 is 0 Å². The highest BCUT2D eigenvalue weighted by Gasteiger charge is 2.11. The summed E-state index contributed by atoms with van der Waals surface area (Å²) in [5, 5.41) is 4.45. The van der Waals surface area contributed by atoms with Gasteiger partial charge in [0.05, 0.1) is 0 Å². The molecule has 0 fully saturated rings. The molecular weight excluding hydrogens is 218 g/mol. The van der Waals surface area contributed by atoms with Gasteiger partial charge in [0.1, 0.15) is 16.7 Å². The lowest BCUT2D eigenvalue weighted by Gasteiger charge is -2.13. The monoisotopic (exact) mass is 239 g/mol. The Balaban J connectivity index is 3.08. The summed E-state index contributed by atoms with van der Waals surface area (Å²) in [6, 6.07) is 0. The van der Waals surface area contributed by atoms with Crippen LogP contribution < -0.4 is 5.32 Å². The quantitative estimate of drug-likeness (QED) is 0.631. The maximum Gasteiger partial charge on any atom is 0.134 e. The van der Waals surface area contributed by atoms with E-state index in [1.807, 2.05) is 0 Å². The zero-order chi connectivity index (χ0) is 12.1. The van der Waals surface area contributed by atoms with E-state index >= 15 is 0 Å². The molecule has 0 atom stereocenters. The van der Waals surface area contributed by atoms with Gasteiger partial charge in [-0.05, 0) is 19.6 Å². The first-order valence-electron chi connectivity index (χ1n) is 5.76. The summed E-state index contributed by atoms with van der Waals surface area (Å²) >= 11 is 1.68. The Hall–Kier alpha value is -0.770. The summed E-state index contributed by atoms with van der Waals surface area (Å²) in [7, 11) is 0. The minimum atomic E-state index is 0.369. The smallest absolute Gasteiger partial charge is 0.134 e. The van der Waals surface area contributed by atoms with Gasteiger partial charge in [0.15, 0.2) is 0 Å². The van der Waals surface area contributed by atoms with Gasteiger partial charge in [0.25, 0.3) is 0 Å². The molecule has 0 bridgehead atoms. The van der Waals surface area contributed by atoms with Crippen LogP contribution in [0.3, 0.4) is 0 Å². The minimum Gasteiger partial charge on any atom is -0.370 e. The second kappa shape index (κ2) is 6.09. The minimum absolute atomic E-state index is 0.369. The van der Waals surface area contributed by atoms with Crippen molar-refractivity contribution in [2.45, 2.75) is 45.1 Å². The number of rotatable bonds is 5. The van der Waals surface area contributed by atoms with Crippen molar-refractivity contribution in [3.8, 4) is 0 Å². The number of hydrogen-bond acceptors (Lipinski definition) is 4. The van der Waals surface area contributed by atoms with Crippen molar-refractivity contribution >= 4 is 17.6 Å². The van der Waals surface area contributed by atoms with Gasteiger partial charge in [-0.2, -0.15) is 0 Å². The Morgan fingerprint density at radius 3 is 2.50 bits per heavy atom. The molecule has 16 heavy (non-hydrogen) atoms. The molecule has 0 aromatic carbocycles. The molecular formula is C12H21N3S. The van der Waals surface area contributed by atoms with Crippen molar-refractivity contribution in [3.05, 3.63) is 11.4 Å². The fourth-order valence-corrected chi connectivity index (χ4v) is 1.97. The number of nitrogens with zero attached hydrogens (tertiary/aromatic N) is 2. The van der Waals surface area contributed by atoms with Crippen LogP contribution in [0.1, 0.15) is 44.5 Å². The Morgan fingerprint density at radius 1 is 1.31 bits per heavy atom. The maximum atomic E-state index is 4.58. The van der Waals surface area contributed by atoms with Crippen LogP contribution >= 0.6 is 11.8 Å². The topological polar surface area (TPSA) is 37.8 Å². The van der Waals surface area contributed by atoms with Gasteiger partial charge in [-0.25, -0.2) is 9.97 Å². The van der Waals surface area contributed by atoms with Gasteiger partial charge >= 0.3 is 0 Å². The molecule has 1 heterocycles. The molecule has 4 heteroatoms. The SMILES string of the molecule is CCCNc1nc(C(C)C)nc(SC)c1C. The first-order valence-corrected chi connectivity index (χ1v) is 6.99. The average Bonchev–Trinajstić information content (AvgIpc) is 2.27. The fraction of sp³-hybridized carbons (Fsp3) is 0.667. The second-order valence-electron chi connectivity index (χ2n) is 4.15. The zero-order valence-electron chi connectivity index (χ0n) is 10.8. The molecule has 1 N–H and O–H groups in total. The van der Waals surface area contributed by atoms with E-state index in [2.05, 4.69) is 49.2 Å². The van der Waals surface area contributed by atoms with Crippen molar-refractivity contribution in [3.63, 3.8) is 0 Å².